The number of benzene rings is 3. The van der Waals surface area contributed by atoms with Crippen LogP contribution in [-0.2, 0) is 22.0 Å². The Bertz CT molecular complexity index is 1300. The Morgan fingerprint density at radius 1 is 1.09 bits per heavy atom. The number of aryl methyl sites for hydroxylation is 1. The zero-order valence-corrected chi connectivity index (χ0v) is 20.1. The molecule has 3 aromatic rings. The van der Waals surface area contributed by atoms with Gasteiger partial charge in [-0.05, 0) is 48.4 Å². The topological polar surface area (TPSA) is 96.6 Å². The van der Waals surface area contributed by atoms with Gasteiger partial charge in [-0.25, -0.2) is 0 Å². The number of nitrogens with zero attached hydrogens (tertiary/aromatic N) is 1. The Hall–Kier alpha value is -2.89. The van der Waals surface area contributed by atoms with Gasteiger partial charge in [-0.2, -0.15) is 21.6 Å². The second-order valence-corrected chi connectivity index (χ2v) is 10.1. The zero-order chi connectivity index (χ0) is 24.9. The average Bonchev–Trinajstić information content (AvgIpc) is 2.78. The maximum absolute atomic E-state index is 13.0. The van der Waals surface area contributed by atoms with Gasteiger partial charge in [-0.3, -0.25) is 10.9 Å². The molecule has 34 heavy (non-hydrogen) atoms. The zero-order valence-electron chi connectivity index (χ0n) is 17.7. The second kappa shape index (κ2) is 10.6. The van der Waals surface area contributed by atoms with Crippen LogP contribution >= 0.6 is 23.4 Å². The van der Waals surface area contributed by atoms with E-state index in [-0.39, 0.29) is 15.5 Å². The Labute approximate surface area is 204 Å². The molecule has 0 saturated heterocycles. The van der Waals surface area contributed by atoms with Gasteiger partial charge in [0.2, 0.25) is 5.96 Å². The number of hydrogen-bond acceptors (Lipinski definition) is 4. The number of hydrogen-bond donors (Lipinski definition) is 3. The van der Waals surface area contributed by atoms with Crippen LogP contribution in [0, 0.1) is 6.92 Å². The van der Waals surface area contributed by atoms with Gasteiger partial charge < -0.3 is 5.73 Å². The SMILES string of the molecule is Cc1cc(S(=O)(=O)N=C(N)NNc2ccccc2)c(SCc2cccc(C(F)(F)F)c2)cc1Cl. The number of nitrogens with two attached hydrogens (primary N) is 1. The maximum atomic E-state index is 13.0. The Balaban J connectivity index is 1.84. The minimum absolute atomic E-state index is 0.0822. The summed E-state index contributed by atoms with van der Waals surface area (Å²) in [7, 11) is -4.27. The molecule has 0 bridgehead atoms. The second-order valence-electron chi connectivity index (χ2n) is 7.10. The lowest BCUT2D eigenvalue weighted by atomic mass is 10.1. The van der Waals surface area contributed by atoms with Crippen molar-refractivity contribution in [1.82, 2.24) is 5.43 Å². The van der Waals surface area contributed by atoms with Crippen LogP contribution in [0.4, 0.5) is 18.9 Å². The van der Waals surface area contributed by atoms with Crippen LogP contribution in [0.25, 0.3) is 0 Å². The highest BCUT2D eigenvalue weighted by atomic mass is 35.5. The van der Waals surface area contributed by atoms with E-state index in [1.54, 1.807) is 31.2 Å². The molecule has 0 spiro atoms. The van der Waals surface area contributed by atoms with E-state index >= 15 is 0 Å². The molecule has 0 aromatic heterocycles. The average molecular weight is 529 g/mol. The lowest BCUT2D eigenvalue weighted by Crippen LogP contribution is -2.36. The molecule has 6 nitrogen and oxygen atoms in total. The predicted octanol–water partition coefficient (Wildman–Crippen LogP) is 5.58. The first kappa shape index (κ1) is 25.7. The summed E-state index contributed by atoms with van der Waals surface area (Å²) in [5.74, 6) is -0.316. The number of nitrogens with one attached hydrogen (secondary N) is 2. The third-order valence-electron chi connectivity index (χ3n) is 4.48. The first-order valence-electron chi connectivity index (χ1n) is 9.72. The molecule has 0 atom stereocenters. The molecule has 0 amide bonds. The summed E-state index contributed by atoms with van der Waals surface area (Å²) in [6.07, 6.45) is -4.48. The lowest BCUT2D eigenvalue weighted by molar-refractivity contribution is -0.137. The minimum atomic E-state index is -4.48. The molecule has 3 rings (SSSR count). The Kier molecular flexibility index (Phi) is 8.01. The molecular formula is C22H20ClF3N4O2S2. The fraction of sp³-hybridized carbons (Fsp3) is 0.136. The van der Waals surface area contributed by atoms with Gasteiger partial charge in [-0.1, -0.05) is 48.0 Å². The monoisotopic (exact) mass is 528 g/mol. The summed E-state index contributed by atoms with van der Waals surface area (Å²) in [5, 5.41) is 0.311. The number of para-hydroxylation sites is 1. The van der Waals surface area contributed by atoms with Gasteiger partial charge in [0, 0.05) is 15.7 Å². The molecule has 0 heterocycles. The van der Waals surface area contributed by atoms with Crippen LogP contribution in [0.3, 0.4) is 0 Å². The molecular weight excluding hydrogens is 509 g/mol. The number of rotatable bonds is 7. The van der Waals surface area contributed by atoms with Crippen LogP contribution in [0.15, 0.2) is 80.9 Å². The normalized spacial score (nSPS) is 12.4. The van der Waals surface area contributed by atoms with Crippen molar-refractivity contribution in [2.45, 2.75) is 28.6 Å². The number of alkyl halides is 3. The van der Waals surface area contributed by atoms with Crippen molar-refractivity contribution < 1.29 is 21.6 Å². The molecule has 12 heteroatoms. The molecule has 4 N–H and O–H groups in total. The summed E-state index contributed by atoms with van der Waals surface area (Å²) < 4.78 is 68.6. The van der Waals surface area contributed by atoms with E-state index in [4.69, 9.17) is 17.3 Å². The predicted molar refractivity (Wildman–Crippen MR) is 129 cm³/mol. The smallest absolute Gasteiger partial charge is 0.368 e. The first-order valence-corrected chi connectivity index (χ1v) is 12.5. The molecule has 3 aromatic carbocycles. The first-order chi connectivity index (χ1) is 16.0. The van der Waals surface area contributed by atoms with Gasteiger partial charge in [0.25, 0.3) is 10.0 Å². The third-order valence-corrected chi connectivity index (χ3v) is 7.47. The van der Waals surface area contributed by atoms with Crippen LogP contribution in [-0.4, -0.2) is 14.4 Å². The van der Waals surface area contributed by atoms with Crippen molar-refractivity contribution in [2.75, 3.05) is 5.43 Å². The van der Waals surface area contributed by atoms with Crippen molar-refractivity contribution >= 4 is 45.0 Å². The van der Waals surface area contributed by atoms with Gasteiger partial charge in [-0.15, -0.1) is 16.2 Å². The van der Waals surface area contributed by atoms with Crippen LogP contribution in [0.5, 0.6) is 0 Å². The molecule has 0 saturated carbocycles. The number of halogens is 4. The van der Waals surface area contributed by atoms with Crippen LogP contribution in [0.2, 0.25) is 5.02 Å². The van der Waals surface area contributed by atoms with Gasteiger partial charge in [0.15, 0.2) is 0 Å². The van der Waals surface area contributed by atoms with Crippen LogP contribution in [0.1, 0.15) is 16.7 Å². The largest absolute Gasteiger partial charge is 0.416 e. The van der Waals surface area contributed by atoms with E-state index < -0.39 is 27.7 Å². The van der Waals surface area contributed by atoms with E-state index in [0.717, 1.165) is 23.9 Å². The fourth-order valence-corrected chi connectivity index (χ4v) is 5.48. The number of sulfonamides is 1. The van der Waals surface area contributed by atoms with Gasteiger partial charge >= 0.3 is 6.18 Å². The standard InChI is InChI=1S/C22H20ClF3N4O2S2/c1-14-10-20(34(31,32)30-21(27)29-28-17-8-3-2-4-9-17)19(12-18(14)23)33-13-15-6-5-7-16(11-15)22(24,25)26/h2-12,28H,13H2,1H3,(H3,27,29,30). The number of anilines is 1. The molecule has 0 fully saturated rings. The Morgan fingerprint density at radius 3 is 2.47 bits per heavy atom. The Morgan fingerprint density at radius 2 is 1.79 bits per heavy atom. The molecule has 0 aliphatic rings. The fourth-order valence-electron chi connectivity index (χ4n) is 2.81. The molecule has 0 aliphatic carbocycles. The van der Waals surface area contributed by atoms with Crippen molar-refractivity contribution in [3.63, 3.8) is 0 Å². The third kappa shape index (κ3) is 6.81. The summed E-state index contributed by atoms with van der Waals surface area (Å²) in [4.78, 5) is 0.0800. The molecule has 0 unspecified atom stereocenters. The molecule has 0 aliphatic heterocycles. The van der Waals surface area contributed by atoms with E-state index in [2.05, 4.69) is 15.2 Å². The van der Waals surface area contributed by atoms with E-state index in [1.165, 1.54) is 24.3 Å². The van der Waals surface area contributed by atoms with E-state index in [0.29, 0.717) is 21.8 Å². The molecule has 180 valence electrons. The number of thioether (sulfide) groups is 1. The van der Waals surface area contributed by atoms with Crippen molar-refractivity contribution in [2.24, 2.45) is 10.1 Å². The maximum Gasteiger partial charge on any atom is 0.416 e. The molecule has 0 radical (unpaired) electrons. The van der Waals surface area contributed by atoms with Gasteiger partial charge in [0.1, 0.15) is 4.90 Å². The van der Waals surface area contributed by atoms with Crippen molar-refractivity contribution in [1.29, 1.82) is 0 Å². The van der Waals surface area contributed by atoms with E-state index in [1.807, 2.05) is 6.07 Å². The van der Waals surface area contributed by atoms with E-state index in [9.17, 15) is 21.6 Å². The summed E-state index contributed by atoms with van der Waals surface area (Å²) in [6, 6.07) is 16.5. The lowest BCUT2D eigenvalue weighted by Gasteiger charge is -2.13. The highest BCUT2D eigenvalue weighted by molar-refractivity contribution is 7.99. The van der Waals surface area contributed by atoms with Crippen LogP contribution < -0.4 is 16.6 Å². The van der Waals surface area contributed by atoms with Gasteiger partial charge in [0.05, 0.1) is 11.3 Å². The highest BCUT2D eigenvalue weighted by Crippen LogP contribution is 2.36. The number of guanidine groups is 1. The summed E-state index contributed by atoms with van der Waals surface area (Å²) >= 11 is 7.22. The summed E-state index contributed by atoms with van der Waals surface area (Å²) in [5.41, 5.74) is 11.7. The van der Waals surface area contributed by atoms with Crippen molar-refractivity contribution in [3.8, 4) is 0 Å². The quantitative estimate of drug-likeness (QED) is 0.160. The number of hydrazine groups is 1. The minimum Gasteiger partial charge on any atom is -0.368 e. The van der Waals surface area contributed by atoms with Crippen molar-refractivity contribution in [3.05, 3.63) is 88.4 Å². The summed E-state index contributed by atoms with van der Waals surface area (Å²) in [6.45, 7) is 1.63. The highest BCUT2D eigenvalue weighted by Gasteiger charge is 2.30.